The van der Waals surface area contributed by atoms with E-state index in [-0.39, 0.29) is 5.82 Å². The molecule has 4 heteroatoms. The van der Waals surface area contributed by atoms with Gasteiger partial charge in [-0.15, -0.1) is 0 Å². The molecular weight excluding hydrogens is 271 g/mol. The fraction of sp³-hybridized carbons (Fsp3) is 0.250. The lowest BCUT2D eigenvalue weighted by molar-refractivity contribution is 0.628. The zero-order valence-electron chi connectivity index (χ0n) is 9.17. The largest absolute Gasteiger partial charge is 0.266 e. The maximum Gasteiger partial charge on any atom is 0.123 e. The quantitative estimate of drug-likeness (QED) is 0.824. The molecular formula is C12H12BrFN2. The molecule has 0 fully saturated rings. The Balaban J connectivity index is 2.60. The molecule has 0 saturated heterocycles. The normalized spacial score (nSPS) is 10.8. The first-order chi connectivity index (χ1) is 7.63. The average Bonchev–Trinajstić information content (AvgIpc) is 2.53. The van der Waals surface area contributed by atoms with Crippen LogP contribution in [0.4, 0.5) is 4.39 Å². The number of hydrogen-bond donors (Lipinski definition) is 0. The van der Waals surface area contributed by atoms with E-state index in [1.54, 1.807) is 10.7 Å². The Hall–Kier alpha value is -1.16. The zero-order chi connectivity index (χ0) is 11.7. The van der Waals surface area contributed by atoms with Gasteiger partial charge in [-0.05, 0) is 34.5 Å². The van der Waals surface area contributed by atoms with Crippen LogP contribution in [0.1, 0.15) is 12.6 Å². The molecule has 2 aromatic rings. The number of hydrogen-bond acceptors (Lipinski definition) is 1. The first-order valence-electron chi connectivity index (χ1n) is 5.10. The number of aromatic nitrogens is 2. The highest BCUT2D eigenvalue weighted by molar-refractivity contribution is 9.10. The van der Waals surface area contributed by atoms with E-state index < -0.39 is 0 Å². The van der Waals surface area contributed by atoms with Crippen molar-refractivity contribution in [3.63, 3.8) is 0 Å². The first kappa shape index (κ1) is 11.3. The Morgan fingerprint density at radius 2 is 2.19 bits per heavy atom. The Morgan fingerprint density at radius 1 is 1.44 bits per heavy atom. The van der Waals surface area contributed by atoms with Gasteiger partial charge in [0, 0.05) is 12.6 Å². The van der Waals surface area contributed by atoms with Gasteiger partial charge in [0.25, 0.3) is 0 Å². The molecule has 0 aliphatic rings. The zero-order valence-corrected chi connectivity index (χ0v) is 10.8. The number of benzene rings is 1. The van der Waals surface area contributed by atoms with E-state index in [1.807, 2.05) is 20.0 Å². The molecule has 0 unspecified atom stereocenters. The maximum absolute atomic E-state index is 13.2. The molecule has 84 valence electrons. The summed E-state index contributed by atoms with van der Waals surface area (Å²) in [5.41, 5.74) is 2.74. The second kappa shape index (κ2) is 4.37. The van der Waals surface area contributed by atoms with Crippen LogP contribution in [0.25, 0.3) is 11.3 Å². The third-order valence-electron chi connectivity index (χ3n) is 2.49. The molecule has 0 amide bonds. The van der Waals surface area contributed by atoms with Gasteiger partial charge in [0.1, 0.15) is 5.82 Å². The average molecular weight is 283 g/mol. The number of nitrogens with zero attached hydrogens (tertiary/aromatic N) is 2. The van der Waals surface area contributed by atoms with E-state index in [1.165, 1.54) is 12.1 Å². The molecule has 0 bridgehead atoms. The van der Waals surface area contributed by atoms with Crippen LogP contribution in [0.3, 0.4) is 0 Å². The van der Waals surface area contributed by atoms with Crippen LogP contribution in [0.15, 0.2) is 28.7 Å². The van der Waals surface area contributed by atoms with E-state index in [4.69, 9.17) is 0 Å². The van der Waals surface area contributed by atoms with Crippen molar-refractivity contribution in [2.24, 2.45) is 7.05 Å². The molecule has 1 aromatic carbocycles. The summed E-state index contributed by atoms with van der Waals surface area (Å²) >= 11 is 3.52. The van der Waals surface area contributed by atoms with E-state index >= 15 is 0 Å². The van der Waals surface area contributed by atoms with Gasteiger partial charge in [0.15, 0.2) is 0 Å². The standard InChI is InChI=1S/C12H12BrFN2/c1-3-10-11(13)12(16(2)15-10)8-5-4-6-9(14)7-8/h4-7H,3H2,1-2H3. The topological polar surface area (TPSA) is 17.8 Å². The van der Waals surface area contributed by atoms with Gasteiger partial charge in [0.2, 0.25) is 0 Å². The second-order valence-electron chi connectivity index (χ2n) is 3.60. The van der Waals surface area contributed by atoms with Crippen LogP contribution in [-0.2, 0) is 13.5 Å². The van der Waals surface area contributed by atoms with Crippen molar-refractivity contribution in [2.45, 2.75) is 13.3 Å². The molecule has 0 N–H and O–H groups in total. The number of halogens is 2. The third kappa shape index (κ3) is 1.89. The van der Waals surface area contributed by atoms with E-state index in [2.05, 4.69) is 21.0 Å². The van der Waals surface area contributed by atoms with Gasteiger partial charge in [-0.2, -0.15) is 5.10 Å². The Morgan fingerprint density at radius 3 is 2.75 bits per heavy atom. The van der Waals surface area contributed by atoms with Gasteiger partial charge < -0.3 is 0 Å². The van der Waals surface area contributed by atoms with Crippen molar-refractivity contribution in [1.82, 2.24) is 9.78 Å². The predicted octanol–water partition coefficient (Wildman–Crippen LogP) is 3.55. The predicted molar refractivity (Wildman–Crippen MR) is 65.7 cm³/mol. The van der Waals surface area contributed by atoms with Crippen molar-refractivity contribution >= 4 is 15.9 Å². The lowest BCUT2D eigenvalue weighted by Gasteiger charge is -2.02. The van der Waals surface area contributed by atoms with Crippen molar-refractivity contribution in [3.8, 4) is 11.3 Å². The fourth-order valence-corrected chi connectivity index (χ4v) is 2.57. The molecule has 0 saturated carbocycles. The number of aryl methyl sites for hydroxylation is 2. The molecule has 2 rings (SSSR count). The van der Waals surface area contributed by atoms with Gasteiger partial charge in [-0.25, -0.2) is 4.39 Å². The van der Waals surface area contributed by atoms with Gasteiger partial charge >= 0.3 is 0 Å². The van der Waals surface area contributed by atoms with Crippen LogP contribution in [0.5, 0.6) is 0 Å². The highest BCUT2D eigenvalue weighted by atomic mass is 79.9. The van der Waals surface area contributed by atoms with E-state index in [9.17, 15) is 4.39 Å². The minimum absolute atomic E-state index is 0.233. The minimum atomic E-state index is -0.233. The second-order valence-corrected chi connectivity index (χ2v) is 4.39. The summed E-state index contributed by atoms with van der Waals surface area (Å²) in [5.74, 6) is -0.233. The van der Waals surface area contributed by atoms with Gasteiger partial charge in [-0.3, -0.25) is 4.68 Å². The Labute approximate surface area is 102 Å². The maximum atomic E-state index is 13.2. The summed E-state index contributed by atoms with van der Waals surface area (Å²) in [4.78, 5) is 0. The smallest absolute Gasteiger partial charge is 0.123 e. The van der Waals surface area contributed by atoms with Crippen LogP contribution < -0.4 is 0 Å². The summed E-state index contributed by atoms with van der Waals surface area (Å²) in [6.45, 7) is 2.04. The number of rotatable bonds is 2. The summed E-state index contributed by atoms with van der Waals surface area (Å²) in [6.07, 6.45) is 0.851. The molecule has 1 aromatic heterocycles. The van der Waals surface area contributed by atoms with E-state index in [0.717, 1.165) is 27.8 Å². The molecule has 1 heterocycles. The summed E-state index contributed by atoms with van der Waals surface area (Å²) in [7, 11) is 1.87. The van der Waals surface area contributed by atoms with Crippen LogP contribution in [-0.4, -0.2) is 9.78 Å². The fourth-order valence-electron chi connectivity index (χ4n) is 1.73. The van der Waals surface area contributed by atoms with Crippen molar-refractivity contribution in [1.29, 1.82) is 0 Å². The van der Waals surface area contributed by atoms with Crippen molar-refractivity contribution in [2.75, 3.05) is 0 Å². The third-order valence-corrected chi connectivity index (χ3v) is 3.32. The Bertz CT molecular complexity index is 520. The first-order valence-corrected chi connectivity index (χ1v) is 5.90. The van der Waals surface area contributed by atoms with Crippen molar-refractivity contribution in [3.05, 3.63) is 40.2 Å². The molecule has 2 nitrogen and oxygen atoms in total. The molecule has 16 heavy (non-hydrogen) atoms. The van der Waals surface area contributed by atoms with Crippen LogP contribution >= 0.6 is 15.9 Å². The molecule has 0 atom stereocenters. The molecule has 0 aliphatic heterocycles. The van der Waals surface area contributed by atoms with Gasteiger partial charge in [-0.1, -0.05) is 19.1 Å². The van der Waals surface area contributed by atoms with Crippen molar-refractivity contribution < 1.29 is 4.39 Å². The van der Waals surface area contributed by atoms with E-state index in [0.29, 0.717) is 0 Å². The van der Waals surface area contributed by atoms with Gasteiger partial charge in [0.05, 0.1) is 15.9 Å². The lowest BCUT2D eigenvalue weighted by Crippen LogP contribution is -1.94. The minimum Gasteiger partial charge on any atom is -0.266 e. The Kier molecular flexibility index (Phi) is 3.10. The SMILES string of the molecule is CCc1nn(C)c(-c2cccc(F)c2)c1Br. The molecule has 0 spiro atoms. The monoisotopic (exact) mass is 282 g/mol. The lowest BCUT2D eigenvalue weighted by atomic mass is 10.1. The highest BCUT2D eigenvalue weighted by Gasteiger charge is 2.14. The summed E-state index contributed by atoms with van der Waals surface area (Å²) in [6, 6.07) is 6.54. The summed E-state index contributed by atoms with van der Waals surface area (Å²) in [5, 5.41) is 4.38. The summed E-state index contributed by atoms with van der Waals surface area (Å²) < 4.78 is 15.9. The van der Waals surface area contributed by atoms with Crippen LogP contribution in [0, 0.1) is 5.82 Å². The molecule has 0 radical (unpaired) electrons. The van der Waals surface area contributed by atoms with Crippen LogP contribution in [0.2, 0.25) is 0 Å². The highest BCUT2D eigenvalue weighted by Crippen LogP contribution is 2.31. The molecule has 0 aliphatic carbocycles.